The first-order valence-corrected chi connectivity index (χ1v) is 15.9. The fourth-order valence-electron chi connectivity index (χ4n) is 7.85. The third-order valence-electron chi connectivity index (χ3n) is 9.75. The molecule has 0 saturated carbocycles. The Morgan fingerprint density at radius 3 is 2.66 bits per heavy atom. The molecule has 4 aliphatic heterocycles. The Balaban J connectivity index is 1.32. The Morgan fingerprint density at radius 1 is 1.07 bits per heavy atom. The fourth-order valence-corrected chi connectivity index (χ4v) is 8.62. The number of nitrogens with one attached hydrogen (secondary N) is 1. The van der Waals surface area contributed by atoms with Gasteiger partial charge in [-0.05, 0) is 44.4 Å². The molecule has 4 atom stereocenters. The lowest BCUT2D eigenvalue weighted by atomic mass is 9.95. The van der Waals surface area contributed by atoms with E-state index < -0.39 is 12.0 Å². The van der Waals surface area contributed by atoms with E-state index >= 15 is 0 Å². The van der Waals surface area contributed by atoms with Crippen molar-refractivity contribution in [2.24, 2.45) is 0 Å². The van der Waals surface area contributed by atoms with Crippen molar-refractivity contribution in [1.29, 1.82) is 0 Å². The Morgan fingerprint density at radius 2 is 1.89 bits per heavy atom. The molecule has 1 aromatic carbocycles. The van der Waals surface area contributed by atoms with E-state index in [9.17, 15) is 8.78 Å². The number of nitrogens with zero attached hydrogens (tertiary/aromatic N) is 6. The van der Waals surface area contributed by atoms with Gasteiger partial charge in [-0.3, -0.25) is 4.90 Å². The molecule has 4 fully saturated rings. The van der Waals surface area contributed by atoms with Gasteiger partial charge in [-0.15, -0.1) is 0 Å². The number of aromatic nitrogens is 4. The summed E-state index contributed by atoms with van der Waals surface area (Å²) in [7, 11) is 3.09. The van der Waals surface area contributed by atoms with Crippen LogP contribution in [0.2, 0.25) is 0 Å². The van der Waals surface area contributed by atoms with E-state index in [-0.39, 0.29) is 34.6 Å². The number of halogens is 2. The molecule has 3 N–H and O–H groups in total. The zero-order chi connectivity index (χ0) is 30.2. The molecule has 3 aromatic heterocycles. The SMILES string of the molecule is COc1nc2c(N3C4CCC3CNC4)nc(OC[C@@]34CCCN3C[C@H](F)C4)nc2c(OC)c1-c1ccc(F)c2sc(N)nc12. The van der Waals surface area contributed by atoms with E-state index in [0.29, 0.717) is 63.5 Å². The minimum atomic E-state index is -0.866. The van der Waals surface area contributed by atoms with Crippen LogP contribution >= 0.6 is 11.3 Å². The molecular formula is C30H34F2N8O3S. The summed E-state index contributed by atoms with van der Waals surface area (Å²) < 4.78 is 48.0. The Labute approximate surface area is 256 Å². The first kappa shape index (κ1) is 27.9. The first-order chi connectivity index (χ1) is 21.4. The van der Waals surface area contributed by atoms with Gasteiger partial charge in [0.1, 0.15) is 29.6 Å². The molecule has 4 saturated heterocycles. The monoisotopic (exact) mass is 624 g/mol. The smallest absolute Gasteiger partial charge is 0.319 e. The van der Waals surface area contributed by atoms with Crippen molar-refractivity contribution in [3.63, 3.8) is 0 Å². The summed E-state index contributed by atoms with van der Waals surface area (Å²) in [5, 5.41) is 3.77. The molecule has 7 heterocycles. The molecule has 0 radical (unpaired) electrons. The number of pyridine rings is 1. The van der Waals surface area contributed by atoms with Gasteiger partial charge >= 0.3 is 6.01 Å². The third kappa shape index (κ3) is 4.25. The number of nitrogens with two attached hydrogens (primary N) is 1. The molecule has 2 bridgehead atoms. The standard InChI is InChI=1S/C30H34F2N8O3S/c1-41-24-20(18-6-7-19(32)25-21(18)36-28(33)44-25)27(42-2)35-23-22(24)37-29(38-26(23)40-16-4-5-17(40)12-34-11-16)43-14-30-8-3-9-39(30)13-15(31)10-30/h6-7,15-17,34H,3-5,8-14H2,1-2H3,(H2,33,36)/t15-,16?,17?,30+/m1/s1. The van der Waals surface area contributed by atoms with Crippen molar-refractivity contribution >= 4 is 43.5 Å². The Kier molecular flexibility index (Phi) is 6.65. The van der Waals surface area contributed by atoms with Gasteiger partial charge in [0.05, 0.1) is 35.5 Å². The molecule has 4 aliphatic rings. The van der Waals surface area contributed by atoms with Gasteiger partial charge in [0.15, 0.2) is 16.7 Å². The fraction of sp³-hybridized carbons (Fsp3) is 0.533. The van der Waals surface area contributed by atoms with E-state index in [1.807, 2.05) is 0 Å². The third-order valence-corrected chi connectivity index (χ3v) is 10.6. The number of rotatable bonds is 7. The van der Waals surface area contributed by atoms with Crippen LogP contribution in [0.4, 0.5) is 19.7 Å². The average molecular weight is 625 g/mol. The van der Waals surface area contributed by atoms with Crippen LogP contribution in [0.3, 0.4) is 0 Å². The van der Waals surface area contributed by atoms with Crippen LogP contribution in [-0.4, -0.2) is 95.6 Å². The number of hydrogen-bond donors (Lipinski definition) is 2. The highest BCUT2D eigenvalue weighted by Gasteiger charge is 2.49. The molecule has 232 valence electrons. The second-order valence-electron chi connectivity index (χ2n) is 12.2. The normalized spacial score (nSPS) is 26.5. The van der Waals surface area contributed by atoms with Crippen molar-refractivity contribution in [2.75, 3.05) is 57.6 Å². The topological polar surface area (TPSA) is 124 Å². The number of fused-ring (bicyclic) bond motifs is 5. The predicted molar refractivity (Wildman–Crippen MR) is 164 cm³/mol. The van der Waals surface area contributed by atoms with Crippen molar-refractivity contribution in [3.8, 4) is 28.8 Å². The number of thiazole rings is 1. The van der Waals surface area contributed by atoms with Crippen molar-refractivity contribution in [1.82, 2.24) is 30.2 Å². The highest BCUT2D eigenvalue weighted by atomic mass is 32.1. The summed E-state index contributed by atoms with van der Waals surface area (Å²) in [5.41, 5.74) is 8.04. The van der Waals surface area contributed by atoms with Crippen molar-refractivity contribution in [3.05, 3.63) is 17.9 Å². The zero-order valence-corrected chi connectivity index (χ0v) is 25.4. The van der Waals surface area contributed by atoms with E-state index in [1.54, 1.807) is 13.2 Å². The van der Waals surface area contributed by atoms with Gasteiger partial charge in [0.25, 0.3) is 0 Å². The van der Waals surface area contributed by atoms with Gasteiger partial charge in [-0.25, -0.2) is 18.7 Å². The van der Waals surface area contributed by atoms with E-state index in [4.69, 9.17) is 34.9 Å². The number of hydrogen-bond acceptors (Lipinski definition) is 12. The molecule has 11 nitrogen and oxygen atoms in total. The molecule has 8 rings (SSSR count). The lowest BCUT2D eigenvalue weighted by Crippen LogP contribution is -2.52. The minimum absolute atomic E-state index is 0.187. The van der Waals surface area contributed by atoms with E-state index in [1.165, 1.54) is 13.2 Å². The van der Waals surface area contributed by atoms with Crippen LogP contribution in [0.25, 0.3) is 32.4 Å². The number of benzene rings is 1. The van der Waals surface area contributed by atoms with Crippen LogP contribution in [0.5, 0.6) is 17.6 Å². The van der Waals surface area contributed by atoms with Gasteiger partial charge in [0.2, 0.25) is 5.88 Å². The minimum Gasteiger partial charge on any atom is -0.494 e. The summed E-state index contributed by atoms with van der Waals surface area (Å²) in [6.45, 7) is 3.26. The summed E-state index contributed by atoms with van der Waals surface area (Å²) >= 11 is 1.08. The Hall–Kier alpha value is -3.62. The van der Waals surface area contributed by atoms with Crippen LogP contribution in [0.1, 0.15) is 32.1 Å². The zero-order valence-electron chi connectivity index (χ0n) is 24.6. The lowest BCUT2D eigenvalue weighted by molar-refractivity contribution is 0.107. The van der Waals surface area contributed by atoms with E-state index in [0.717, 1.165) is 56.7 Å². The maximum absolute atomic E-state index is 14.8. The molecule has 0 spiro atoms. The maximum Gasteiger partial charge on any atom is 0.319 e. The first-order valence-electron chi connectivity index (χ1n) is 15.1. The summed E-state index contributed by atoms with van der Waals surface area (Å²) in [6, 6.07) is 3.66. The van der Waals surface area contributed by atoms with Gasteiger partial charge in [0, 0.05) is 43.7 Å². The molecular weight excluding hydrogens is 590 g/mol. The van der Waals surface area contributed by atoms with Gasteiger partial charge < -0.3 is 30.2 Å². The Bertz CT molecular complexity index is 1760. The second-order valence-corrected chi connectivity index (χ2v) is 13.2. The van der Waals surface area contributed by atoms with Crippen molar-refractivity contribution in [2.45, 2.75) is 55.9 Å². The van der Waals surface area contributed by atoms with Gasteiger partial charge in [-0.1, -0.05) is 11.3 Å². The molecule has 0 aliphatic carbocycles. The summed E-state index contributed by atoms with van der Waals surface area (Å²) in [6.07, 6.45) is 3.52. The number of methoxy groups -OCH3 is 2. The second kappa shape index (κ2) is 10.5. The quantitative estimate of drug-likeness (QED) is 0.311. The summed E-state index contributed by atoms with van der Waals surface area (Å²) in [4.78, 5) is 23.8. The number of anilines is 2. The molecule has 2 unspecified atom stereocenters. The van der Waals surface area contributed by atoms with E-state index in [2.05, 4.69) is 20.1 Å². The van der Waals surface area contributed by atoms with Gasteiger partial charge in [-0.2, -0.15) is 9.97 Å². The number of piperazine rings is 1. The molecule has 4 aromatic rings. The molecule has 14 heteroatoms. The summed E-state index contributed by atoms with van der Waals surface area (Å²) in [5.74, 6) is 0.893. The number of nitrogen functional groups attached to an aromatic ring is 1. The number of alkyl halides is 1. The highest BCUT2D eigenvalue weighted by molar-refractivity contribution is 7.22. The van der Waals surface area contributed by atoms with Crippen molar-refractivity contribution < 1.29 is 23.0 Å². The largest absolute Gasteiger partial charge is 0.494 e. The maximum atomic E-state index is 14.8. The highest BCUT2D eigenvalue weighted by Crippen LogP contribution is 2.48. The lowest BCUT2D eigenvalue weighted by Gasteiger charge is -2.37. The predicted octanol–water partition coefficient (Wildman–Crippen LogP) is 3.94. The van der Waals surface area contributed by atoms with Crippen LogP contribution in [-0.2, 0) is 0 Å². The molecule has 44 heavy (non-hydrogen) atoms. The number of ether oxygens (including phenoxy) is 3. The molecule has 0 amide bonds. The average Bonchev–Trinajstić information content (AvgIpc) is 3.74. The van der Waals surface area contributed by atoms with Crippen LogP contribution in [0.15, 0.2) is 12.1 Å². The van der Waals surface area contributed by atoms with Crippen LogP contribution in [0, 0.1) is 5.82 Å². The van der Waals surface area contributed by atoms with Crippen LogP contribution < -0.4 is 30.2 Å².